The summed E-state index contributed by atoms with van der Waals surface area (Å²) in [6, 6.07) is 16.1. The highest BCUT2D eigenvalue weighted by atomic mass is 16.6. The molecule has 6 heteroatoms. The van der Waals surface area contributed by atoms with Crippen molar-refractivity contribution in [1.29, 1.82) is 0 Å². The fourth-order valence-electron chi connectivity index (χ4n) is 2.86. The number of hydrogen-bond acceptors (Lipinski definition) is 4. The number of anilines is 1. The van der Waals surface area contributed by atoms with Gasteiger partial charge in [-0.2, -0.15) is 0 Å². The molecule has 2 aromatic rings. The van der Waals surface area contributed by atoms with Crippen molar-refractivity contribution >= 4 is 11.7 Å². The third kappa shape index (κ3) is 5.42. The first-order chi connectivity index (χ1) is 13.7. The normalized spacial score (nSPS) is 12.1. The van der Waals surface area contributed by atoms with Crippen LogP contribution < -0.4 is 25.0 Å². The summed E-state index contributed by atoms with van der Waals surface area (Å²) in [5, 5.41) is 5.59. The largest absolute Gasteiger partial charge is 0.458 e. The lowest BCUT2D eigenvalue weighted by Crippen LogP contribution is -2.36. The van der Waals surface area contributed by atoms with E-state index in [-0.39, 0.29) is 6.03 Å². The van der Waals surface area contributed by atoms with E-state index in [9.17, 15) is 4.79 Å². The Bertz CT molecular complexity index is 821. The highest BCUT2D eigenvalue weighted by Gasteiger charge is 2.16. The molecule has 0 bridgehead atoms. The minimum atomic E-state index is -0.163. The number of benzene rings is 2. The van der Waals surface area contributed by atoms with Crippen molar-refractivity contribution in [2.75, 3.05) is 25.0 Å². The SMILES string of the molecule is CCCNC(=O)NCCC1=COc2ccc(N(C)Cc3ccccc3)cc2O1. The number of nitrogens with zero attached hydrogens (tertiary/aromatic N) is 1. The zero-order valence-corrected chi connectivity index (χ0v) is 16.4. The summed E-state index contributed by atoms with van der Waals surface area (Å²) in [5.74, 6) is 2.06. The summed E-state index contributed by atoms with van der Waals surface area (Å²) in [7, 11) is 2.05. The summed E-state index contributed by atoms with van der Waals surface area (Å²) in [5.41, 5.74) is 2.29. The van der Waals surface area contributed by atoms with E-state index in [1.54, 1.807) is 6.26 Å². The number of nitrogens with one attached hydrogen (secondary N) is 2. The molecule has 0 radical (unpaired) electrons. The maximum atomic E-state index is 11.6. The fraction of sp³-hybridized carbons (Fsp3) is 0.318. The van der Waals surface area contributed by atoms with E-state index in [0.717, 1.165) is 18.7 Å². The summed E-state index contributed by atoms with van der Waals surface area (Å²) in [4.78, 5) is 13.8. The molecule has 2 amide bonds. The van der Waals surface area contributed by atoms with Crippen LogP contribution in [-0.4, -0.2) is 26.2 Å². The lowest BCUT2D eigenvalue weighted by Gasteiger charge is -2.23. The average Bonchev–Trinajstić information content (AvgIpc) is 2.72. The van der Waals surface area contributed by atoms with Crippen LogP contribution in [0.3, 0.4) is 0 Å². The Kier molecular flexibility index (Phi) is 6.78. The summed E-state index contributed by atoms with van der Waals surface area (Å²) >= 11 is 0. The molecule has 0 unspecified atom stereocenters. The second-order valence-electron chi connectivity index (χ2n) is 6.71. The van der Waals surface area contributed by atoms with E-state index >= 15 is 0 Å². The molecular weight excluding hydrogens is 354 g/mol. The Morgan fingerprint density at radius 3 is 2.61 bits per heavy atom. The molecule has 0 aliphatic carbocycles. The molecule has 0 spiro atoms. The van der Waals surface area contributed by atoms with Crippen LogP contribution in [0.4, 0.5) is 10.5 Å². The van der Waals surface area contributed by atoms with E-state index in [2.05, 4.69) is 27.7 Å². The summed E-state index contributed by atoms with van der Waals surface area (Å²) < 4.78 is 11.7. The number of ether oxygens (including phenoxy) is 2. The van der Waals surface area contributed by atoms with E-state index in [1.165, 1.54) is 5.56 Å². The number of hydrogen-bond donors (Lipinski definition) is 2. The van der Waals surface area contributed by atoms with Gasteiger partial charge in [-0.25, -0.2) is 4.79 Å². The molecule has 148 valence electrons. The van der Waals surface area contributed by atoms with Crippen LogP contribution in [-0.2, 0) is 6.54 Å². The van der Waals surface area contributed by atoms with Crippen molar-refractivity contribution in [3.05, 3.63) is 66.1 Å². The van der Waals surface area contributed by atoms with Gasteiger partial charge in [-0.05, 0) is 24.1 Å². The van der Waals surface area contributed by atoms with E-state index in [1.807, 2.05) is 50.4 Å². The first kappa shape index (κ1) is 19.6. The number of fused-ring (bicyclic) bond motifs is 1. The van der Waals surface area contributed by atoms with Crippen molar-refractivity contribution in [3.63, 3.8) is 0 Å². The standard InChI is InChI=1S/C22H27N3O3/c1-3-12-23-22(26)24-13-11-19-16-27-20-10-9-18(14-21(20)28-19)25(2)15-17-7-5-4-6-8-17/h4-10,14,16H,3,11-13,15H2,1-2H3,(H2,23,24,26). The van der Waals surface area contributed by atoms with Crippen molar-refractivity contribution in [3.8, 4) is 11.5 Å². The van der Waals surface area contributed by atoms with Crippen LogP contribution in [0.2, 0.25) is 0 Å². The summed E-state index contributed by atoms with van der Waals surface area (Å²) in [6.45, 7) is 3.97. The van der Waals surface area contributed by atoms with Crippen LogP contribution in [0.5, 0.6) is 11.5 Å². The Morgan fingerprint density at radius 2 is 1.82 bits per heavy atom. The smallest absolute Gasteiger partial charge is 0.314 e. The lowest BCUT2D eigenvalue weighted by atomic mass is 10.2. The topological polar surface area (TPSA) is 62.8 Å². The van der Waals surface area contributed by atoms with Gasteiger partial charge in [-0.3, -0.25) is 0 Å². The van der Waals surface area contributed by atoms with Gasteiger partial charge in [0.1, 0.15) is 12.0 Å². The van der Waals surface area contributed by atoms with Gasteiger partial charge >= 0.3 is 6.03 Å². The van der Waals surface area contributed by atoms with E-state index in [4.69, 9.17) is 9.47 Å². The highest BCUT2D eigenvalue weighted by molar-refractivity contribution is 5.73. The molecule has 3 rings (SSSR count). The number of rotatable bonds is 8. The zero-order chi connectivity index (χ0) is 19.8. The number of carbonyl (C=O) groups is 1. The molecule has 1 aliphatic rings. The molecule has 28 heavy (non-hydrogen) atoms. The molecule has 0 aromatic heterocycles. The van der Waals surface area contributed by atoms with Gasteiger partial charge in [0.2, 0.25) is 0 Å². The molecule has 2 aromatic carbocycles. The molecule has 0 atom stereocenters. The van der Waals surface area contributed by atoms with Gasteiger partial charge < -0.3 is 25.0 Å². The number of amides is 2. The van der Waals surface area contributed by atoms with Gasteiger partial charge in [0, 0.05) is 44.9 Å². The maximum absolute atomic E-state index is 11.6. The minimum Gasteiger partial charge on any atom is -0.458 e. The molecule has 1 heterocycles. The first-order valence-electron chi connectivity index (χ1n) is 9.60. The number of carbonyl (C=O) groups excluding carboxylic acids is 1. The molecule has 2 N–H and O–H groups in total. The van der Waals surface area contributed by atoms with Crippen LogP contribution in [0.25, 0.3) is 0 Å². The second-order valence-corrected chi connectivity index (χ2v) is 6.71. The lowest BCUT2D eigenvalue weighted by molar-refractivity contribution is 0.240. The Balaban J connectivity index is 1.55. The van der Waals surface area contributed by atoms with E-state index < -0.39 is 0 Å². The van der Waals surface area contributed by atoms with Crippen molar-refractivity contribution < 1.29 is 14.3 Å². The monoisotopic (exact) mass is 381 g/mol. The van der Waals surface area contributed by atoms with Gasteiger partial charge in [0.15, 0.2) is 11.5 Å². The highest BCUT2D eigenvalue weighted by Crippen LogP contribution is 2.36. The quantitative estimate of drug-likeness (QED) is 0.725. The van der Waals surface area contributed by atoms with Crippen LogP contribution in [0, 0.1) is 0 Å². The Hall–Kier alpha value is -3.15. The van der Waals surface area contributed by atoms with Crippen LogP contribution >= 0.6 is 0 Å². The van der Waals surface area contributed by atoms with Crippen molar-refractivity contribution in [2.45, 2.75) is 26.3 Å². The van der Waals surface area contributed by atoms with Gasteiger partial charge in [0.25, 0.3) is 0 Å². The average molecular weight is 381 g/mol. The zero-order valence-electron chi connectivity index (χ0n) is 16.4. The minimum absolute atomic E-state index is 0.163. The first-order valence-corrected chi connectivity index (χ1v) is 9.60. The third-order valence-electron chi connectivity index (χ3n) is 4.38. The van der Waals surface area contributed by atoms with Crippen LogP contribution in [0.15, 0.2) is 60.6 Å². The Morgan fingerprint density at radius 1 is 1.04 bits per heavy atom. The molecule has 0 saturated carbocycles. The molecule has 1 aliphatic heterocycles. The van der Waals surface area contributed by atoms with Gasteiger partial charge in [-0.1, -0.05) is 37.3 Å². The van der Waals surface area contributed by atoms with Gasteiger partial charge in [-0.15, -0.1) is 0 Å². The fourth-order valence-corrected chi connectivity index (χ4v) is 2.86. The van der Waals surface area contributed by atoms with Crippen LogP contribution in [0.1, 0.15) is 25.3 Å². The predicted molar refractivity (Wildman–Crippen MR) is 111 cm³/mol. The maximum Gasteiger partial charge on any atom is 0.314 e. The predicted octanol–water partition coefficient (Wildman–Crippen LogP) is 4.03. The van der Waals surface area contributed by atoms with Gasteiger partial charge in [0.05, 0.1) is 0 Å². The molecular formula is C22H27N3O3. The molecule has 6 nitrogen and oxygen atoms in total. The second kappa shape index (κ2) is 9.69. The molecule has 0 fully saturated rings. The number of urea groups is 1. The third-order valence-corrected chi connectivity index (χ3v) is 4.38. The van der Waals surface area contributed by atoms with Crippen molar-refractivity contribution in [2.24, 2.45) is 0 Å². The summed E-state index contributed by atoms with van der Waals surface area (Å²) in [6.07, 6.45) is 3.07. The Labute approximate surface area is 166 Å². The van der Waals surface area contributed by atoms with Crippen molar-refractivity contribution in [1.82, 2.24) is 10.6 Å². The van der Waals surface area contributed by atoms with E-state index in [0.29, 0.717) is 36.8 Å². The molecule has 0 saturated heterocycles.